The summed E-state index contributed by atoms with van der Waals surface area (Å²) in [5.74, 6) is 0.124. The zero-order chi connectivity index (χ0) is 15.2. The second kappa shape index (κ2) is 6.70. The van der Waals surface area contributed by atoms with Gasteiger partial charge in [0.05, 0.1) is 5.56 Å². The quantitative estimate of drug-likeness (QED) is 0.480. The molecular weight excluding hydrogens is 268 g/mol. The smallest absolute Gasteiger partial charge is 0.308 e. The first-order valence-electron chi connectivity index (χ1n) is 6.56. The number of rotatable bonds is 5. The molecule has 0 bridgehead atoms. The first-order valence-corrected chi connectivity index (χ1v) is 6.56. The topological polar surface area (TPSA) is 52.6 Å². The summed E-state index contributed by atoms with van der Waals surface area (Å²) in [5, 5.41) is 0. The number of carbonyl (C=O) groups is 2. The molecule has 0 heterocycles. The molecule has 0 amide bonds. The molecule has 0 aliphatic rings. The Morgan fingerprint density at radius 2 is 1.71 bits per heavy atom. The maximum atomic E-state index is 11.5. The summed E-state index contributed by atoms with van der Waals surface area (Å²) in [6.07, 6.45) is 0. The second-order valence-corrected chi connectivity index (χ2v) is 4.58. The Labute approximate surface area is 123 Å². The molecule has 4 heteroatoms. The highest BCUT2D eigenvalue weighted by atomic mass is 16.5. The molecule has 0 fully saturated rings. The van der Waals surface area contributed by atoms with Crippen LogP contribution in [0.5, 0.6) is 11.5 Å². The van der Waals surface area contributed by atoms with E-state index in [9.17, 15) is 9.59 Å². The van der Waals surface area contributed by atoms with Crippen LogP contribution in [0.25, 0.3) is 0 Å². The fourth-order valence-corrected chi connectivity index (χ4v) is 1.86. The lowest BCUT2D eigenvalue weighted by atomic mass is 10.1. The SMILES string of the molecule is CC(=O)Oc1cc(OCc2ccccc2)ccc1C(C)=O. The minimum Gasteiger partial charge on any atom is -0.489 e. The van der Waals surface area contributed by atoms with Gasteiger partial charge in [-0.3, -0.25) is 9.59 Å². The molecule has 0 aliphatic carbocycles. The van der Waals surface area contributed by atoms with Gasteiger partial charge in [0.2, 0.25) is 0 Å². The summed E-state index contributed by atoms with van der Waals surface area (Å²) in [5.41, 5.74) is 1.39. The lowest BCUT2D eigenvalue weighted by Crippen LogP contribution is -2.06. The van der Waals surface area contributed by atoms with E-state index in [0.717, 1.165) is 5.56 Å². The van der Waals surface area contributed by atoms with Crippen LogP contribution in [0.3, 0.4) is 0 Å². The summed E-state index contributed by atoms with van der Waals surface area (Å²) >= 11 is 0. The van der Waals surface area contributed by atoms with Crippen molar-refractivity contribution in [3.05, 3.63) is 59.7 Å². The molecule has 2 aromatic carbocycles. The predicted molar refractivity (Wildman–Crippen MR) is 78.5 cm³/mol. The largest absolute Gasteiger partial charge is 0.489 e. The molecule has 0 unspecified atom stereocenters. The third-order valence-corrected chi connectivity index (χ3v) is 2.83. The van der Waals surface area contributed by atoms with Gasteiger partial charge < -0.3 is 9.47 Å². The van der Waals surface area contributed by atoms with Gasteiger partial charge in [-0.2, -0.15) is 0 Å². The summed E-state index contributed by atoms with van der Waals surface area (Å²) in [6.45, 7) is 3.12. The van der Waals surface area contributed by atoms with E-state index in [1.165, 1.54) is 13.8 Å². The van der Waals surface area contributed by atoms with Crippen LogP contribution < -0.4 is 9.47 Å². The normalized spacial score (nSPS) is 10.0. The maximum Gasteiger partial charge on any atom is 0.308 e. The predicted octanol–water partition coefficient (Wildman–Crippen LogP) is 3.39. The average molecular weight is 284 g/mol. The number of hydrogen-bond donors (Lipinski definition) is 0. The van der Waals surface area contributed by atoms with Gasteiger partial charge in [-0.05, 0) is 24.6 Å². The highest BCUT2D eigenvalue weighted by Gasteiger charge is 2.12. The fraction of sp³-hybridized carbons (Fsp3) is 0.176. The molecular formula is C17H16O4. The first kappa shape index (κ1) is 14.8. The van der Waals surface area contributed by atoms with Crippen molar-refractivity contribution >= 4 is 11.8 Å². The third kappa shape index (κ3) is 4.18. The molecule has 2 rings (SSSR count). The number of hydrogen-bond acceptors (Lipinski definition) is 4. The van der Waals surface area contributed by atoms with Gasteiger partial charge in [-0.25, -0.2) is 0 Å². The van der Waals surface area contributed by atoms with Crippen LogP contribution in [-0.2, 0) is 11.4 Å². The van der Waals surface area contributed by atoms with Crippen molar-refractivity contribution in [3.8, 4) is 11.5 Å². The van der Waals surface area contributed by atoms with E-state index < -0.39 is 5.97 Å². The van der Waals surface area contributed by atoms with E-state index in [1.54, 1.807) is 18.2 Å². The van der Waals surface area contributed by atoms with Gasteiger partial charge in [0.1, 0.15) is 18.1 Å². The first-order chi connectivity index (χ1) is 10.1. The zero-order valence-corrected chi connectivity index (χ0v) is 12.0. The highest BCUT2D eigenvalue weighted by molar-refractivity contribution is 5.97. The molecule has 0 atom stereocenters. The Kier molecular flexibility index (Phi) is 4.72. The molecule has 0 saturated heterocycles. The fourth-order valence-electron chi connectivity index (χ4n) is 1.86. The van der Waals surface area contributed by atoms with E-state index in [1.807, 2.05) is 30.3 Å². The minimum absolute atomic E-state index is 0.166. The van der Waals surface area contributed by atoms with Crippen LogP contribution in [0.15, 0.2) is 48.5 Å². The van der Waals surface area contributed by atoms with Gasteiger partial charge in [0, 0.05) is 13.0 Å². The van der Waals surface area contributed by atoms with Gasteiger partial charge in [-0.15, -0.1) is 0 Å². The Balaban J connectivity index is 2.17. The Morgan fingerprint density at radius 1 is 1.00 bits per heavy atom. The Hall–Kier alpha value is -2.62. The number of benzene rings is 2. The summed E-state index contributed by atoms with van der Waals surface area (Å²) in [7, 11) is 0. The maximum absolute atomic E-state index is 11.5. The van der Waals surface area contributed by atoms with Crippen LogP contribution in [0.1, 0.15) is 29.8 Å². The number of ketones is 1. The Bertz CT molecular complexity index is 647. The van der Waals surface area contributed by atoms with Gasteiger partial charge in [-0.1, -0.05) is 30.3 Å². The molecule has 108 valence electrons. The summed E-state index contributed by atoms with van der Waals surface area (Å²) in [4.78, 5) is 22.6. The van der Waals surface area contributed by atoms with Gasteiger partial charge >= 0.3 is 5.97 Å². The van der Waals surface area contributed by atoms with Crippen molar-refractivity contribution in [1.82, 2.24) is 0 Å². The van der Waals surface area contributed by atoms with E-state index in [-0.39, 0.29) is 11.5 Å². The van der Waals surface area contributed by atoms with Crippen molar-refractivity contribution in [1.29, 1.82) is 0 Å². The van der Waals surface area contributed by atoms with Crippen molar-refractivity contribution in [2.75, 3.05) is 0 Å². The highest BCUT2D eigenvalue weighted by Crippen LogP contribution is 2.26. The molecule has 0 aliphatic heterocycles. The summed E-state index contributed by atoms with van der Waals surface area (Å²) in [6, 6.07) is 14.6. The van der Waals surface area contributed by atoms with Crippen LogP contribution in [-0.4, -0.2) is 11.8 Å². The zero-order valence-electron chi connectivity index (χ0n) is 12.0. The van der Waals surface area contributed by atoms with Crippen molar-refractivity contribution in [2.45, 2.75) is 20.5 Å². The van der Waals surface area contributed by atoms with Gasteiger partial charge in [0.15, 0.2) is 5.78 Å². The van der Waals surface area contributed by atoms with Crippen LogP contribution in [0, 0.1) is 0 Å². The number of Topliss-reactive ketones (excluding diaryl/α,β-unsaturated/α-hetero) is 1. The molecule has 0 spiro atoms. The summed E-state index contributed by atoms with van der Waals surface area (Å²) < 4.78 is 10.7. The second-order valence-electron chi connectivity index (χ2n) is 4.58. The van der Waals surface area contributed by atoms with Crippen molar-refractivity contribution in [3.63, 3.8) is 0 Å². The number of carbonyl (C=O) groups excluding carboxylic acids is 2. The lowest BCUT2D eigenvalue weighted by Gasteiger charge is -2.10. The Morgan fingerprint density at radius 3 is 2.33 bits per heavy atom. The molecule has 0 radical (unpaired) electrons. The number of ether oxygens (including phenoxy) is 2. The molecule has 21 heavy (non-hydrogen) atoms. The van der Waals surface area contributed by atoms with E-state index in [0.29, 0.717) is 17.9 Å². The van der Waals surface area contributed by atoms with E-state index in [2.05, 4.69) is 0 Å². The van der Waals surface area contributed by atoms with E-state index >= 15 is 0 Å². The van der Waals surface area contributed by atoms with Crippen molar-refractivity contribution < 1.29 is 19.1 Å². The van der Waals surface area contributed by atoms with Crippen LogP contribution in [0.4, 0.5) is 0 Å². The van der Waals surface area contributed by atoms with Crippen LogP contribution in [0.2, 0.25) is 0 Å². The third-order valence-electron chi connectivity index (χ3n) is 2.83. The monoisotopic (exact) mass is 284 g/mol. The molecule has 0 aromatic heterocycles. The lowest BCUT2D eigenvalue weighted by molar-refractivity contribution is -0.131. The van der Waals surface area contributed by atoms with Crippen molar-refractivity contribution in [2.24, 2.45) is 0 Å². The van der Waals surface area contributed by atoms with E-state index in [4.69, 9.17) is 9.47 Å². The molecule has 4 nitrogen and oxygen atoms in total. The van der Waals surface area contributed by atoms with Gasteiger partial charge in [0.25, 0.3) is 0 Å². The standard InChI is InChI=1S/C17H16O4/c1-12(18)16-9-8-15(10-17(16)21-13(2)19)20-11-14-6-4-3-5-7-14/h3-10H,11H2,1-2H3. The molecule has 0 saturated carbocycles. The number of esters is 1. The molecule has 2 aromatic rings. The molecule has 0 N–H and O–H groups in total. The van der Waals surface area contributed by atoms with Crippen LogP contribution >= 0.6 is 0 Å². The minimum atomic E-state index is -0.474. The average Bonchev–Trinajstić information content (AvgIpc) is 2.45.